The van der Waals surface area contributed by atoms with Gasteiger partial charge in [-0.25, -0.2) is 0 Å². The molecular formula is C7H10Br2O. The van der Waals surface area contributed by atoms with Crippen LogP contribution in [0, 0.1) is 0 Å². The van der Waals surface area contributed by atoms with E-state index < -0.39 is 0 Å². The highest BCUT2D eigenvalue weighted by molar-refractivity contribution is 9.10. The van der Waals surface area contributed by atoms with Crippen molar-refractivity contribution in [2.45, 2.75) is 35.3 Å². The molecule has 0 bridgehead atoms. The lowest BCUT2D eigenvalue weighted by Crippen LogP contribution is -2.21. The predicted molar refractivity (Wildman–Crippen MR) is 48.9 cm³/mol. The Morgan fingerprint density at radius 3 is 1.90 bits per heavy atom. The van der Waals surface area contributed by atoms with E-state index in [1.807, 2.05) is 0 Å². The van der Waals surface area contributed by atoms with Crippen molar-refractivity contribution in [3.63, 3.8) is 0 Å². The summed E-state index contributed by atoms with van der Waals surface area (Å²) in [6.45, 7) is 0. The molecule has 0 unspecified atom stereocenters. The first-order valence-electron chi connectivity index (χ1n) is 3.53. The molecule has 0 spiro atoms. The normalized spacial score (nSPS) is 35.6. The van der Waals surface area contributed by atoms with Crippen molar-refractivity contribution in [1.82, 2.24) is 0 Å². The van der Waals surface area contributed by atoms with Crippen molar-refractivity contribution < 1.29 is 4.79 Å². The number of carbonyl (C=O) groups excluding carboxylic acids is 1. The molecule has 0 radical (unpaired) electrons. The second-order valence-corrected chi connectivity index (χ2v) is 4.83. The zero-order chi connectivity index (χ0) is 7.56. The van der Waals surface area contributed by atoms with Gasteiger partial charge in [0.05, 0.1) is 9.65 Å². The maximum Gasteiger partial charge on any atom is 0.160 e. The summed E-state index contributed by atoms with van der Waals surface area (Å²) in [7, 11) is 0. The van der Waals surface area contributed by atoms with E-state index in [1.165, 1.54) is 12.8 Å². The van der Waals surface area contributed by atoms with Crippen LogP contribution >= 0.6 is 31.9 Å². The van der Waals surface area contributed by atoms with Crippen molar-refractivity contribution in [2.24, 2.45) is 0 Å². The standard InChI is InChI=1S/C7H10Br2O/c8-5-3-1-2-4-6(9)7(5)10/h5-6H,1-4H2/t5-,6-/m1/s1. The molecule has 1 aliphatic carbocycles. The van der Waals surface area contributed by atoms with Gasteiger partial charge in [0.2, 0.25) is 0 Å². The number of hydrogen-bond acceptors (Lipinski definition) is 1. The summed E-state index contributed by atoms with van der Waals surface area (Å²) in [6.07, 6.45) is 4.34. The van der Waals surface area contributed by atoms with Crippen molar-refractivity contribution in [1.29, 1.82) is 0 Å². The van der Waals surface area contributed by atoms with Gasteiger partial charge >= 0.3 is 0 Å². The zero-order valence-corrected chi connectivity index (χ0v) is 8.82. The van der Waals surface area contributed by atoms with Crippen LogP contribution in [0.4, 0.5) is 0 Å². The fourth-order valence-electron chi connectivity index (χ4n) is 1.13. The van der Waals surface area contributed by atoms with E-state index in [9.17, 15) is 4.79 Å². The summed E-state index contributed by atoms with van der Waals surface area (Å²) in [4.78, 5) is 11.4. The minimum atomic E-state index is 0.0966. The number of rotatable bonds is 0. The molecule has 0 amide bonds. The van der Waals surface area contributed by atoms with E-state index >= 15 is 0 Å². The lowest BCUT2D eigenvalue weighted by Gasteiger charge is -2.06. The Morgan fingerprint density at radius 1 is 1.10 bits per heavy atom. The van der Waals surface area contributed by atoms with Crippen LogP contribution < -0.4 is 0 Å². The summed E-state index contributed by atoms with van der Waals surface area (Å²) in [5, 5.41) is 0. The van der Waals surface area contributed by atoms with Crippen LogP contribution in [0.5, 0.6) is 0 Å². The van der Waals surface area contributed by atoms with Gasteiger partial charge in [0, 0.05) is 0 Å². The Labute approximate surface area is 77.8 Å². The molecule has 0 N–H and O–H groups in total. The van der Waals surface area contributed by atoms with Gasteiger partial charge in [-0.3, -0.25) is 4.79 Å². The number of Topliss-reactive ketones (excluding diaryl/α,β-unsaturated/α-hetero) is 1. The maximum absolute atomic E-state index is 11.3. The van der Waals surface area contributed by atoms with E-state index in [0.717, 1.165) is 12.8 Å². The van der Waals surface area contributed by atoms with Gasteiger partial charge in [0.15, 0.2) is 5.78 Å². The molecule has 1 nitrogen and oxygen atoms in total. The summed E-state index contributed by atoms with van der Waals surface area (Å²) in [5.74, 6) is 0.317. The molecule has 0 aromatic rings. The Morgan fingerprint density at radius 2 is 1.50 bits per heavy atom. The van der Waals surface area contributed by atoms with Crippen molar-refractivity contribution in [3.05, 3.63) is 0 Å². The SMILES string of the molecule is O=C1[C@H](Br)CCCC[C@H]1Br. The number of hydrogen-bond donors (Lipinski definition) is 0. The van der Waals surface area contributed by atoms with Crippen molar-refractivity contribution in [2.75, 3.05) is 0 Å². The van der Waals surface area contributed by atoms with Gasteiger partial charge in [-0.05, 0) is 12.8 Å². The molecule has 2 atom stereocenters. The molecule has 1 fully saturated rings. The summed E-state index contributed by atoms with van der Waals surface area (Å²) in [5.41, 5.74) is 0. The van der Waals surface area contributed by atoms with Gasteiger partial charge in [-0.15, -0.1) is 0 Å². The van der Waals surface area contributed by atoms with E-state index in [1.54, 1.807) is 0 Å². The molecule has 0 aromatic carbocycles. The average molecular weight is 270 g/mol. The van der Waals surface area contributed by atoms with Crippen LogP contribution in [0.1, 0.15) is 25.7 Å². The Balaban J connectivity index is 2.55. The maximum atomic E-state index is 11.3. The Bertz CT molecular complexity index is 122. The molecule has 1 aliphatic rings. The van der Waals surface area contributed by atoms with Crippen LogP contribution in [-0.4, -0.2) is 15.4 Å². The van der Waals surface area contributed by atoms with E-state index in [2.05, 4.69) is 31.9 Å². The highest BCUT2D eigenvalue weighted by atomic mass is 79.9. The molecule has 0 heterocycles. The molecule has 0 aliphatic heterocycles. The fraction of sp³-hybridized carbons (Fsp3) is 0.857. The van der Waals surface area contributed by atoms with Crippen molar-refractivity contribution >= 4 is 37.6 Å². The number of halogens is 2. The molecule has 1 saturated carbocycles. The first-order chi connectivity index (χ1) is 4.72. The van der Waals surface area contributed by atoms with E-state index in [-0.39, 0.29) is 9.65 Å². The van der Waals surface area contributed by atoms with Crippen LogP contribution in [0.15, 0.2) is 0 Å². The minimum Gasteiger partial charge on any atom is -0.297 e. The first kappa shape index (κ1) is 8.72. The molecule has 3 heteroatoms. The van der Waals surface area contributed by atoms with E-state index in [0.29, 0.717) is 5.78 Å². The average Bonchev–Trinajstić information content (AvgIpc) is 2.04. The number of ketones is 1. The lowest BCUT2D eigenvalue weighted by molar-refractivity contribution is -0.117. The van der Waals surface area contributed by atoms with Crippen LogP contribution in [0.2, 0.25) is 0 Å². The minimum absolute atomic E-state index is 0.0966. The summed E-state index contributed by atoms with van der Waals surface area (Å²) in [6, 6.07) is 0. The predicted octanol–water partition coefficient (Wildman–Crippen LogP) is 2.66. The lowest BCUT2D eigenvalue weighted by atomic mass is 10.2. The summed E-state index contributed by atoms with van der Waals surface area (Å²) < 4.78 is 0. The summed E-state index contributed by atoms with van der Waals surface area (Å²) >= 11 is 6.73. The third-order valence-corrected chi connectivity index (χ3v) is 3.60. The van der Waals surface area contributed by atoms with Gasteiger partial charge < -0.3 is 0 Å². The highest BCUT2D eigenvalue weighted by Gasteiger charge is 2.24. The second kappa shape index (κ2) is 3.86. The number of carbonyl (C=O) groups is 1. The van der Waals surface area contributed by atoms with Gasteiger partial charge in [0.25, 0.3) is 0 Å². The Kier molecular flexibility index (Phi) is 3.37. The third-order valence-electron chi connectivity index (χ3n) is 1.78. The molecule has 0 aromatic heterocycles. The van der Waals surface area contributed by atoms with E-state index in [4.69, 9.17) is 0 Å². The molecule has 10 heavy (non-hydrogen) atoms. The van der Waals surface area contributed by atoms with Crippen LogP contribution in [-0.2, 0) is 4.79 Å². The Hall–Kier alpha value is 0.630. The molecule has 0 saturated heterocycles. The largest absolute Gasteiger partial charge is 0.297 e. The second-order valence-electron chi connectivity index (χ2n) is 2.62. The molecular weight excluding hydrogens is 260 g/mol. The third kappa shape index (κ3) is 2.06. The molecule has 58 valence electrons. The monoisotopic (exact) mass is 268 g/mol. The molecule has 1 rings (SSSR count). The zero-order valence-electron chi connectivity index (χ0n) is 5.65. The number of alkyl halides is 2. The van der Waals surface area contributed by atoms with Gasteiger partial charge in [0.1, 0.15) is 0 Å². The quantitative estimate of drug-likeness (QED) is 0.488. The highest BCUT2D eigenvalue weighted by Crippen LogP contribution is 2.24. The van der Waals surface area contributed by atoms with Crippen LogP contribution in [0.25, 0.3) is 0 Å². The van der Waals surface area contributed by atoms with Crippen LogP contribution in [0.3, 0.4) is 0 Å². The van der Waals surface area contributed by atoms with Crippen molar-refractivity contribution in [3.8, 4) is 0 Å². The van der Waals surface area contributed by atoms with Gasteiger partial charge in [-0.1, -0.05) is 44.7 Å². The fourth-order valence-corrected chi connectivity index (χ4v) is 2.77. The topological polar surface area (TPSA) is 17.1 Å². The smallest absolute Gasteiger partial charge is 0.160 e. The van der Waals surface area contributed by atoms with Gasteiger partial charge in [-0.2, -0.15) is 0 Å². The first-order valence-corrected chi connectivity index (χ1v) is 5.37.